The minimum absolute atomic E-state index is 0.211. The lowest BCUT2D eigenvalue weighted by atomic mass is 10.1. The van der Waals surface area contributed by atoms with Crippen molar-refractivity contribution in [2.24, 2.45) is 0 Å². The predicted octanol–water partition coefficient (Wildman–Crippen LogP) is 5.05. The number of urea groups is 1. The maximum absolute atomic E-state index is 12.6. The summed E-state index contributed by atoms with van der Waals surface area (Å²) in [5, 5.41) is 8.56. The number of rotatable bonds is 12. The molecule has 8 heteroatoms. The molecule has 0 bridgehead atoms. The Morgan fingerprint density at radius 2 is 1.51 bits per heavy atom. The maximum atomic E-state index is 12.6. The molecule has 196 valence electrons. The Balaban J connectivity index is 1.54. The van der Waals surface area contributed by atoms with Gasteiger partial charge in [0, 0.05) is 49.8 Å². The number of ether oxygens (including phenoxy) is 1. The van der Waals surface area contributed by atoms with Gasteiger partial charge in [-0.05, 0) is 55.1 Å². The number of hydrogen-bond acceptors (Lipinski definition) is 5. The van der Waals surface area contributed by atoms with Gasteiger partial charge in [-0.1, -0.05) is 44.2 Å². The lowest BCUT2D eigenvalue weighted by molar-refractivity contribution is 0.0946. The van der Waals surface area contributed by atoms with Crippen molar-refractivity contribution < 1.29 is 14.3 Å². The van der Waals surface area contributed by atoms with Crippen molar-refractivity contribution >= 4 is 29.0 Å². The third-order valence-corrected chi connectivity index (χ3v) is 6.14. The van der Waals surface area contributed by atoms with Crippen LogP contribution in [0.2, 0.25) is 0 Å². The highest BCUT2D eigenvalue weighted by atomic mass is 16.5. The lowest BCUT2D eigenvalue weighted by Gasteiger charge is -2.20. The SMILES string of the molecule is CCN(CC)CCNC(=O)c1ccc(NC(=O)Nc2ccc(N(C)Cc3ccccc3)cc2)cc1OC. The number of hydrogen-bond donors (Lipinski definition) is 3. The van der Waals surface area contributed by atoms with Crippen LogP contribution in [0.1, 0.15) is 29.8 Å². The molecule has 0 radical (unpaired) electrons. The number of benzene rings is 3. The summed E-state index contributed by atoms with van der Waals surface area (Å²) in [6.45, 7) is 8.19. The van der Waals surface area contributed by atoms with Crippen LogP contribution in [-0.4, -0.2) is 57.2 Å². The first-order chi connectivity index (χ1) is 17.9. The smallest absolute Gasteiger partial charge is 0.323 e. The van der Waals surface area contributed by atoms with Crippen LogP contribution in [0.15, 0.2) is 72.8 Å². The zero-order valence-electron chi connectivity index (χ0n) is 22.1. The molecule has 0 aliphatic rings. The molecule has 3 aromatic carbocycles. The van der Waals surface area contributed by atoms with E-state index in [0.717, 1.165) is 31.9 Å². The summed E-state index contributed by atoms with van der Waals surface area (Å²) in [7, 11) is 3.53. The van der Waals surface area contributed by atoms with Gasteiger partial charge in [0.15, 0.2) is 0 Å². The first-order valence-electron chi connectivity index (χ1n) is 12.5. The summed E-state index contributed by atoms with van der Waals surface area (Å²) in [5.41, 5.74) is 3.89. The second-order valence-electron chi connectivity index (χ2n) is 8.67. The lowest BCUT2D eigenvalue weighted by Crippen LogP contribution is -2.34. The Hall–Kier alpha value is -4.04. The van der Waals surface area contributed by atoms with Gasteiger partial charge in [0.25, 0.3) is 5.91 Å². The summed E-state index contributed by atoms with van der Waals surface area (Å²) in [6, 6.07) is 22.5. The number of nitrogens with zero attached hydrogens (tertiary/aromatic N) is 2. The quantitative estimate of drug-likeness (QED) is 0.322. The van der Waals surface area contributed by atoms with Crippen LogP contribution in [0, 0.1) is 0 Å². The maximum Gasteiger partial charge on any atom is 0.323 e. The van der Waals surface area contributed by atoms with E-state index >= 15 is 0 Å². The second-order valence-corrected chi connectivity index (χ2v) is 8.67. The Kier molecular flexibility index (Phi) is 10.3. The number of anilines is 3. The molecule has 0 spiro atoms. The average molecular weight is 504 g/mol. The van der Waals surface area contributed by atoms with Crippen LogP contribution >= 0.6 is 0 Å². The molecule has 0 aliphatic carbocycles. The average Bonchev–Trinajstić information content (AvgIpc) is 2.91. The first-order valence-corrected chi connectivity index (χ1v) is 12.5. The van der Waals surface area contributed by atoms with Gasteiger partial charge in [-0.2, -0.15) is 0 Å². The molecule has 3 amide bonds. The molecule has 0 unspecified atom stereocenters. The van der Waals surface area contributed by atoms with Crippen LogP contribution in [0.4, 0.5) is 21.9 Å². The first kappa shape index (κ1) is 27.5. The van der Waals surface area contributed by atoms with Gasteiger partial charge in [-0.25, -0.2) is 4.79 Å². The van der Waals surface area contributed by atoms with Crippen molar-refractivity contribution in [2.45, 2.75) is 20.4 Å². The zero-order chi connectivity index (χ0) is 26.6. The number of likely N-dealkylation sites (N-methyl/N-ethyl adjacent to an activating group) is 1. The van der Waals surface area contributed by atoms with Gasteiger partial charge in [0.2, 0.25) is 0 Å². The van der Waals surface area contributed by atoms with Crippen molar-refractivity contribution in [1.29, 1.82) is 0 Å². The van der Waals surface area contributed by atoms with E-state index in [2.05, 4.69) is 51.7 Å². The highest BCUT2D eigenvalue weighted by Gasteiger charge is 2.14. The topological polar surface area (TPSA) is 85.9 Å². The summed E-state index contributed by atoms with van der Waals surface area (Å²) < 4.78 is 5.41. The summed E-state index contributed by atoms with van der Waals surface area (Å²) >= 11 is 0. The van der Waals surface area contributed by atoms with Gasteiger partial charge in [0.1, 0.15) is 5.75 Å². The van der Waals surface area contributed by atoms with E-state index in [-0.39, 0.29) is 11.9 Å². The molecule has 0 heterocycles. The van der Waals surface area contributed by atoms with E-state index in [4.69, 9.17) is 4.74 Å². The molecule has 3 N–H and O–H groups in total. The molecule has 0 saturated carbocycles. The molecule has 0 saturated heterocycles. The summed E-state index contributed by atoms with van der Waals surface area (Å²) in [6.07, 6.45) is 0. The van der Waals surface area contributed by atoms with Crippen LogP contribution in [0.25, 0.3) is 0 Å². The Morgan fingerprint density at radius 1 is 0.865 bits per heavy atom. The fourth-order valence-corrected chi connectivity index (χ4v) is 3.96. The number of carbonyl (C=O) groups excluding carboxylic acids is 2. The Labute approximate surface area is 219 Å². The van der Waals surface area contributed by atoms with Gasteiger partial charge in [-0.15, -0.1) is 0 Å². The fourth-order valence-electron chi connectivity index (χ4n) is 3.96. The molecule has 0 aliphatic heterocycles. The van der Waals surface area contributed by atoms with E-state index in [9.17, 15) is 9.59 Å². The van der Waals surface area contributed by atoms with Gasteiger partial charge >= 0.3 is 6.03 Å². The van der Waals surface area contributed by atoms with Crippen LogP contribution < -0.4 is 25.6 Å². The van der Waals surface area contributed by atoms with Crippen LogP contribution in [0.3, 0.4) is 0 Å². The van der Waals surface area contributed by atoms with Gasteiger partial charge in [0.05, 0.1) is 12.7 Å². The van der Waals surface area contributed by atoms with Gasteiger partial charge < -0.3 is 30.5 Å². The van der Waals surface area contributed by atoms with Crippen molar-refractivity contribution in [3.63, 3.8) is 0 Å². The second kappa shape index (κ2) is 13.9. The summed E-state index contributed by atoms with van der Waals surface area (Å²) in [4.78, 5) is 29.6. The highest BCUT2D eigenvalue weighted by molar-refractivity contribution is 6.01. The summed E-state index contributed by atoms with van der Waals surface area (Å²) in [5.74, 6) is 0.182. The molecule has 3 rings (SSSR count). The number of methoxy groups -OCH3 is 1. The van der Waals surface area contributed by atoms with Crippen molar-refractivity contribution in [2.75, 3.05) is 55.9 Å². The van der Waals surface area contributed by atoms with E-state index in [1.54, 1.807) is 18.2 Å². The van der Waals surface area contributed by atoms with E-state index in [0.29, 0.717) is 29.2 Å². The minimum atomic E-state index is -0.385. The molecule has 0 aromatic heterocycles. The molecule has 0 fully saturated rings. The molecule has 3 aromatic rings. The Morgan fingerprint density at radius 3 is 2.16 bits per heavy atom. The monoisotopic (exact) mass is 503 g/mol. The largest absolute Gasteiger partial charge is 0.496 e. The number of amides is 3. The predicted molar refractivity (Wildman–Crippen MR) is 151 cm³/mol. The molecule has 37 heavy (non-hydrogen) atoms. The fraction of sp³-hybridized carbons (Fsp3) is 0.310. The molecule has 0 atom stereocenters. The molecule has 8 nitrogen and oxygen atoms in total. The van der Waals surface area contributed by atoms with E-state index < -0.39 is 0 Å². The van der Waals surface area contributed by atoms with Crippen LogP contribution in [-0.2, 0) is 6.54 Å². The number of nitrogens with one attached hydrogen (secondary N) is 3. The molecular weight excluding hydrogens is 466 g/mol. The van der Waals surface area contributed by atoms with Crippen molar-refractivity contribution in [3.8, 4) is 5.75 Å². The van der Waals surface area contributed by atoms with E-state index in [1.165, 1.54) is 12.7 Å². The normalized spacial score (nSPS) is 10.6. The highest BCUT2D eigenvalue weighted by Crippen LogP contribution is 2.24. The van der Waals surface area contributed by atoms with E-state index in [1.807, 2.05) is 49.5 Å². The number of carbonyl (C=O) groups is 2. The van der Waals surface area contributed by atoms with Crippen LogP contribution in [0.5, 0.6) is 5.75 Å². The van der Waals surface area contributed by atoms with Crippen molar-refractivity contribution in [3.05, 3.63) is 83.9 Å². The molecular formula is C29H37N5O3. The Bertz CT molecular complexity index is 1150. The third-order valence-electron chi connectivity index (χ3n) is 6.14. The minimum Gasteiger partial charge on any atom is -0.496 e. The zero-order valence-corrected chi connectivity index (χ0v) is 22.1. The van der Waals surface area contributed by atoms with Gasteiger partial charge in [-0.3, -0.25) is 4.79 Å². The third kappa shape index (κ3) is 8.25. The standard InChI is InChI=1S/C29H37N5O3/c1-5-34(6-2)19-18-30-28(35)26-17-14-24(20-27(26)37-4)32-29(36)31-23-12-15-25(16-13-23)33(3)21-22-10-8-7-9-11-22/h7-17,20H,5-6,18-19,21H2,1-4H3,(H,30,35)(H2,31,32,36). The van der Waals surface area contributed by atoms with Crippen molar-refractivity contribution in [1.82, 2.24) is 10.2 Å².